The lowest BCUT2D eigenvalue weighted by molar-refractivity contribution is 0.760. The van der Waals surface area contributed by atoms with E-state index in [-0.39, 0.29) is 0 Å². The van der Waals surface area contributed by atoms with Crippen LogP contribution in [0.1, 0.15) is 11.4 Å². The zero-order chi connectivity index (χ0) is 13.8. The van der Waals surface area contributed by atoms with Gasteiger partial charge in [0.25, 0.3) is 0 Å². The first-order valence-electron chi connectivity index (χ1n) is 6.27. The summed E-state index contributed by atoms with van der Waals surface area (Å²) in [5.41, 5.74) is 7.99. The summed E-state index contributed by atoms with van der Waals surface area (Å²) in [4.78, 5) is 6.53. The fourth-order valence-corrected chi connectivity index (χ4v) is 2.76. The van der Waals surface area contributed by atoms with Crippen LogP contribution in [-0.2, 0) is 20.0 Å². The summed E-state index contributed by atoms with van der Waals surface area (Å²) < 4.78 is 3.13. The molecular formula is C14H19BrN4. The van der Waals surface area contributed by atoms with Crippen molar-refractivity contribution in [1.82, 2.24) is 9.55 Å². The van der Waals surface area contributed by atoms with Crippen molar-refractivity contribution in [2.45, 2.75) is 13.0 Å². The third kappa shape index (κ3) is 3.36. The normalized spacial score (nSPS) is 10.7. The molecule has 102 valence electrons. The summed E-state index contributed by atoms with van der Waals surface area (Å²) in [7, 11) is 4.08. The van der Waals surface area contributed by atoms with Gasteiger partial charge in [0.15, 0.2) is 0 Å². The van der Waals surface area contributed by atoms with Crippen LogP contribution in [-0.4, -0.2) is 23.1 Å². The van der Waals surface area contributed by atoms with E-state index in [1.54, 1.807) is 0 Å². The van der Waals surface area contributed by atoms with Crippen molar-refractivity contribution in [3.8, 4) is 0 Å². The third-order valence-corrected chi connectivity index (χ3v) is 3.79. The van der Waals surface area contributed by atoms with Crippen molar-refractivity contribution < 1.29 is 0 Å². The van der Waals surface area contributed by atoms with E-state index in [0.29, 0.717) is 6.54 Å². The highest BCUT2D eigenvalue weighted by molar-refractivity contribution is 9.10. The second-order valence-corrected chi connectivity index (χ2v) is 5.49. The average Bonchev–Trinajstić information content (AvgIpc) is 2.75. The molecule has 0 bridgehead atoms. The Morgan fingerprint density at radius 2 is 2.21 bits per heavy atom. The molecule has 0 radical (unpaired) electrons. The van der Waals surface area contributed by atoms with Gasteiger partial charge in [-0.2, -0.15) is 0 Å². The van der Waals surface area contributed by atoms with E-state index < -0.39 is 0 Å². The Morgan fingerprint density at radius 3 is 2.79 bits per heavy atom. The highest BCUT2D eigenvalue weighted by Crippen LogP contribution is 2.27. The molecule has 1 aromatic heterocycles. The molecule has 0 aliphatic heterocycles. The van der Waals surface area contributed by atoms with Crippen molar-refractivity contribution in [2.24, 2.45) is 12.8 Å². The Labute approximate surface area is 122 Å². The zero-order valence-electron chi connectivity index (χ0n) is 11.3. The molecule has 19 heavy (non-hydrogen) atoms. The lowest BCUT2D eigenvalue weighted by atomic mass is 10.1. The van der Waals surface area contributed by atoms with E-state index in [0.717, 1.165) is 29.0 Å². The fourth-order valence-electron chi connectivity index (χ4n) is 2.03. The van der Waals surface area contributed by atoms with E-state index >= 15 is 0 Å². The number of nitrogens with two attached hydrogens (primary N) is 1. The van der Waals surface area contributed by atoms with Gasteiger partial charge in [-0.25, -0.2) is 4.98 Å². The second-order valence-electron chi connectivity index (χ2n) is 4.63. The number of aromatic nitrogens is 2. The van der Waals surface area contributed by atoms with E-state index in [1.807, 2.05) is 24.0 Å². The molecule has 1 aromatic carbocycles. The van der Waals surface area contributed by atoms with E-state index in [2.05, 4.69) is 51.1 Å². The number of anilines is 1. The number of rotatable bonds is 5. The molecule has 0 aliphatic carbocycles. The number of hydrogen-bond donors (Lipinski definition) is 1. The maximum absolute atomic E-state index is 5.58. The molecule has 0 fully saturated rings. The first-order chi connectivity index (χ1) is 9.11. The Bertz CT molecular complexity index is 550. The van der Waals surface area contributed by atoms with E-state index in [9.17, 15) is 0 Å². The van der Waals surface area contributed by atoms with Crippen LogP contribution < -0.4 is 10.6 Å². The van der Waals surface area contributed by atoms with Gasteiger partial charge >= 0.3 is 0 Å². The molecule has 5 heteroatoms. The monoisotopic (exact) mass is 322 g/mol. The molecule has 2 N–H and O–H groups in total. The van der Waals surface area contributed by atoms with Gasteiger partial charge in [0.2, 0.25) is 0 Å². The number of aryl methyl sites for hydroxylation is 1. The molecule has 0 saturated carbocycles. The second kappa shape index (κ2) is 6.21. The molecule has 2 rings (SSSR count). The third-order valence-electron chi connectivity index (χ3n) is 3.16. The van der Waals surface area contributed by atoms with Crippen LogP contribution in [0.2, 0.25) is 0 Å². The summed E-state index contributed by atoms with van der Waals surface area (Å²) in [6.45, 7) is 1.45. The lowest BCUT2D eigenvalue weighted by Crippen LogP contribution is -2.19. The Balaban J connectivity index is 2.15. The number of hydrogen-bond acceptors (Lipinski definition) is 3. The SMILES string of the molecule is CN(Cc1nccn1C)c1ccc(CCN)cc1Br. The smallest absolute Gasteiger partial charge is 0.127 e. The first kappa shape index (κ1) is 14.1. The lowest BCUT2D eigenvalue weighted by Gasteiger charge is -2.21. The predicted octanol–water partition coefficient (Wildman–Crippen LogP) is 2.32. The van der Waals surface area contributed by atoms with Crippen LogP contribution in [0.3, 0.4) is 0 Å². The quantitative estimate of drug-likeness (QED) is 0.919. The predicted molar refractivity (Wildman–Crippen MR) is 82.2 cm³/mol. The van der Waals surface area contributed by atoms with Gasteiger partial charge in [0.1, 0.15) is 5.82 Å². The summed E-state index contributed by atoms with van der Waals surface area (Å²) >= 11 is 3.63. The molecule has 0 amide bonds. The van der Waals surface area contributed by atoms with E-state index in [1.165, 1.54) is 5.56 Å². The van der Waals surface area contributed by atoms with Gasteiger partial charge in [0.05, 0.1) is 12.2 Å². The molecule has 0 spiro atoms. The minimum absolute atomic E-state index is 0.675. The molecule has 0 unspecified atom stereocenters. The maximum atomic E-state index is 5.58. The van der Waals surface area contributed by atoms with Crippen molar-refractivity contribution in [2.75, 3.05) is 18.5 Å². The van der Waals surface area contributed by atoms with Crippen molar-refractivity contribution in [3.63, 3.8) is 0 Å². The van der Waals surface area contributed by atoms with Crippen molar-refractivity contribution in [3.05, 3.63) is 46.5 Å². The molecule has 1 heterocycles. The summed E-state index contributed by atoms with van der Waals surface area (Å²) in [6, 6.07) is 6.39. The van der Waals surface area contributed by atoms with Crippen LogP contribution in [0.4, 0.5) is 5.69 Å². The van der Waals surface area contributed by atoms with Crippen molar-refractivity contribution >= 4 is 21.6 Å². The highest BCUT2D eigenvalue weighted by Gasteiger charge is 2.09. The Morgan fingerprint density at radius 1 is 1.42 bits per heavy atom. The molecule has 0 saturated heterocycles. The van der Waals surface area contributed by atoms with Gasteiger partial charge in [-0.05, 0) is 46.6 Å². The molecule has 2 aromatic rings. The van der Waals surface area contributed by atoms with Gasteiger partial charge in [0, 0.05) is 31.0 Å². The summed E-state index contributed by atoms with van der Waals surface area (Å²) in [6.07, 6.45) is 4.69. The molecule has 0 atom stereocenters. The Hall–Kier alpha value is -1.33. The van der Waals surface area contributed by atoms with Gasteiger partial charge in [-0.3, -0.25) is 0 Å². The molecule has 4 nitrogen and oxygen atoms in total. The minimum Gasteiger partial charge on any atom is -0.366 e. The number of nitrogens with zero attached hydrogens (tertiary/aromatic N) is 3. The maximum Gasteiger partial charge on any atom is 0.127 e. The summed E-state index contributed by atoms with van der Waals surface area (Å²) in [5, 5.41) is 0. The van der Waals surface area contributed by atoms with Gasteiger partial charge < -0.3 is 15.2 Å². The summed E-state index contributed by atoms with van der Waals surface area (Å²) in [5.74, 6) is 1.04. The largest absolute Gasteiger partial charge is 0.366 e. The molecule has 0 aliphatic rings. The number of benzene rings is 1. The highest BCUT2D eigenvalue weighted by atomic mass is 79.9. The Kier molecular flexibility index (Phi) is 4.61. The first-order valence-corrected chi connectivity index (χ1v) is 7.07. The van der Waals surface area contributed by atoms with Crippen LogP contribution in [0, 0.1) is 0 Å². The fraction of sp³-hybridized carbons (Fsp3) is 0.357. The van der Waals surface area contributed by atoms with E-state index in [4.69, 9.17) is 5.73 Å². The van der Waals surface area contributed by atoms with Crippen molar-refractivity contribution in [1.29, 1.82) is 0 Å². The zero-order valence-corrected chi connectivity index (χ0v) is 12.9. The standard InChI is InChI=1S/C14H19BrN4/c1-18-8-7-17-14(18)10-19(2)13-4-3-11(5-6-16)9-12(13)15/h3-4,7-9H,5-6,10,16H2,1-2H3. The number of imidazole rings is 1. The van der Waals surface area contributed by atoms with Crippen LogP contribution >= 0.6 is 15.9 Å². The topological polar surface area (TPSA) is 47.1 Å². The molecular weight excluding hydrogens is 304 g/mol. The van der Waals surface area contributed by atoms with Crippen LogP contribution in [0.25, 0.3) is 0 Å². The van der Waals surface area contributed by atoms with Crippen LogP contribution in [0.5, 0.6) is 0 Å². The van der Waals surface area contributed by atoms with Gasteiger partial charge in [-0.15, -0.1) is 0 Å². The van der Waals surface area contributed by atoms with Crippen LogP contribution in [0.15, 0.2) is 35.1 Å². The average molecular weight is 323 g/mol. The number of halogens is 1. The van der Waals surface area contributed by atoms with Gasteiger partial charge in [-0.1, -0.05) is 6.07 Å². The minimum atomic E-state index is 0.675.